The lowest BCUT2D eigenvalue weighted by Gasteiger charge is -2.30. The van der Waals surface area contributed by atoms with Gasteiger partial charge in [-0.05, 0) is 65.9 Å². The number of nitrogens with zero attached hydrogens (tertiary/aromatic N) is 3. The summed E-state index contributed by atoms with van der Waals surface area (Å²) in [6.07, 6.45) is 9.66. The molecule has 6 nitrogen and oxygen atoms in total. The van der Waals surface area contributed by atoms with E-state index in [4.69, 9.17) is 0 Å². The van der Waals surface area contributed by atoms with Crippen LogP contribution in [0.4, 0.5) is 10.1 Å². The zero-order valence-electron chi connectivity index (χ0n) is 22.3. The SMILES string of the molecule is COC(=O)C=Cc1cccc(N(Cc2ccc(-c3ccc4c(cnn4C)c3)cc2F)C(=O)C2CCCCC2)c1. The normalized spacial score (nSPS) is 14.1. The van der Waals surface area contributed by atoms with Crippen LogP contribution in [0.5, 0.6) is 0 Å². The number of fused-ring (bicyclic) bond motifs is 1. The molecular weight excluding hydrogens is 493 g/mol. The summed E-state index contributed by atoms with van der Waals surface area (Å²) >= 11 is 0. The Labute approximate surface area is 227 Å². The third kappa shape index (κ3) is 5.93. The number of anilines is 1. The first-order chi connectivity index (χ1) is 18.9. The molecule has 7 heteroatoms. The van der Waals surface area contributed by atoms with Gasteiger partial charge in [-0.1, -0.05) is 49.6 Å². The fourth-order valence-electron chi connectivity index (χ4n) is 5.26. The number of esters is 1. The van der Waals surface area contributed by atoms with Crippen LogP contribution in [-0.4, -0.2) is 28.8 Å². The lowest BCUT2D eigenvalue weighted by molar-refractivity contribution is -0.134. The summed E-state index contributed by atoms with van der Waals surface area (Å²) < 4.78 is 22.0. The van der Waals surface area contributed by atoms with E-state index in [1.165, 1.54) is 19.3 Å². The lowest BCUT2D eigenvalue weighted by atomic mass is 9.88. The highest BCUT2D eigenvalue weighted by Gasteiger charge is 2.28. The molecule has 1 saturated carbocycles. The fourth-order valence-corrected chi connectivity index (χ4v) is 5.26. The van der Waals surface area contributed by atoms with Crippen LogP contribution in [0.1, 0.15) is 43.2 Å². The van der Waals surface area contributed by atoms with E-state index in [1.54, 1.807) is 27.9 Å². The van der Waals surface area contributed by atoms with Crippen molar-refractivity contribution in [1.82, 2.24) is 9.78 Å². The Morgan fingerprint density at radius 3 is 2.59 bits per heavy atom. The molecule has 0 saturated heterocycles. The Hall–Kier alpha value is -4.26. The van der Waals surface area contributed by atoms with E-state index in [2.05, 4.69) is 9.84 Å². The van der Waals surface area contributed by atoms with E-state index in [1.807, 2.05) is 55.6 Å². The van der Waals surface area contributed by atoms with Crippen LogP contribution >= 0.6 is 0 Å². The Balaban J connectivity index is 1.45. The summed E-state index contributed by atoms with van der Waals surface area (Å²) in [6.45, 7) is 0.118. The first-order valence-electron chi connectivity index (χ1n) is 13.3. The Morgan fingerprint density at radius 2 is 1.82 bits per heavy atom. The maximum absolute atomic E-state index is 15.5. The van der Waals surface area contributed by atoms with Gasteiger partial charge in [-0.2, -0.15) is 5.10 Å². The van der Waals surface area contributed by atoms with Gasteiger partial charge in [0.05, 0.1) is 25.4 Å². The van der Waals surface area contributed by atoms with E-state index in [-0.39, 0.29) is 24.2 Å². The highest BCUT2D eigenvalue weighted by molar-refractivity contribution is 5.95. The van der Waals surface area contributed by atoms with Gasteiger partial charge in [0.2, 0.25) is 5.91 Å². The number of amides is 1. The average Bonchev–Trinajstić information content (AvgIpc) is 3.35. The second kappa shape index (κ2) is 11.6. The molecule has 1 aliphatic carbocycles. The first-order valence-corrected chi connectivity index (χ1v) is 13.3. The average molecular weight is 526 g/mol. The molecule has 1 heterocycles. The zero-order chi connectivity index (χ0) is 27.4. The number of hydrogen-bond donors (Lipinski definition) is 0. The first kappa shape index (κ1) is 26.4. The second-order valence-electron chi connectivity index (χ2n) is 10.1. The zero-order valence-corrected chi connectivity index (χ0v) is 22.3. The van der Waals surface area contributed by atoms with Crippen LogP contribution in [0.3, 0.4) is 0 Å². The Bertz CT molecular complexity index is 1530. The van der Waals surface area contributed by atoms with Crippen LogP contribution in [0.15, 0.2) is 72.9 Å². The van der Waals surface area contributed by atoms with Gasteiger partial charge in [-0.15, -0.1) is 0 Å². The topological polar surface area (TPSA) is 64.4 Å². The van der Waals surface area contributed by atoms with Crippen molar-refractivity contribution in [3.05, 3.63) is 89.9 Å². The minimum atomic E-state index is -0.458. The highest BCUT2D eigenvalue weighted by atomic mass is 19.1. The van der Waals surface area contributed by atoms with E-state index >= 15 is 4.39 Å². The lowest BCUT2D eigenvalue weighted by Crippen LogP contribution is -2.37. The van der Waals surface area contributed by atoms with Crippen molar-refractivity contribution in [3.8, 4) is 11.1 Å². The maximum atomic E-state index is 15.5. The molecule has 0 spiro atoms. The fraction of sp³-hybridized carbons (Fsp3) is 0.281. The van der Waals surface area contributed by atoms with Crippen LogP contribution in [0.2, 0.25) is 0 Å². The molecule has 0 radical (unpaired) electrons. The van der Waals surface area contributed by atoms with Gasteiger partial charge >= 0.3 is 5.97 Å². The number of aromatic nitrogens is 2. The maximum Gasteiger partial charge on any atom is 0.330 e. The summed E-state index contributed by atoms with van der Waals surface area (Å²) in [6, 6.07) is 18.5. The number of methoxy groups -OCH3 is 1. The quantitative estimate of drug-likeness (QED) is 0.199. The van der Waals surface area contributed by atoms with Crippen molar-refractivity contribution in [3.63, 3.8) is 0 Å². The molecule has 1 fully saturated rings. The number of carbonyl (C=O) groups excluding carboxylic acids is 2. The molecule has 39 heavy (non-hydrogen) atoms. The van der Waals surface area contributed by atoms with Gasteiger partial charge < -0.3 is 9.64 Å². The van der Waals surface area contributed by atoms with Crippen molar-refractivity contribution >= 4 is 34.5 Å². The van der Waals surface area contributed by atoms with Gasteiger partial charge in [0, 0.05) is 35.7 Å². The van der Waals surface area contributed by atoms with Crippen LogP contribution in [0, 0.1) is 11.7 Å². The standard InChI is InChI=1S/C32H32FN3O3/c1-35-30-15-14-24(18-27(30)20-34-35)25-12-13-26(29(33)19-25)21-36(32(38)23-8-4-3-5-9-23)28-10-6-7-22(17-28)11-16-31(37)39-2/h6-7,10-20,23H,3-5,8-9,21H2,1-2H3. The number of aryl methyl sites for hydroxylation is 1. The summed E-state index contributed by atoms with van der Waals surface area (Å²) in [5.74, 6) is -0.891. The number of ether oxygens (including phenoxy) is 1. The third-order valence-corrected chi connectivity index (χ3v) is 7.48. The van der Waals surface area contributed by atoms with Gasteiger partial charge in [-0.25, -0.2) is 9.18 Å². The minimum Gasteiger partial charge on any atom is -0.466 e. The molecule has 200 valence electrons. The molecule has 0 unspecified atom stereocenters. The molecule has 0 N–H and O–H groups in total. The molecule has 1 aromatic heterocycles. The predicted molar refractivity (Wildman–Crippen MR) is 151 cm³/mol. The number of hydrogen-bond acceptors (Lipinski definition) is 4. The van der Waals surface area contributed by atoms with Gasteiger partial charge in [0.15, 0.2) is 0 Å². The second-order valence-corrected chi connectivity index (χ2v) is 10.1. The summed E-state index contributed by atoms with van der Waals surface area (Å²) in [7, 11) is 3.21. The van der Waals surface area contributed by atoms with Crippen molar-refractivity contribution in [2.45, 2.75) is 38.6 Å². The third-order valence-electron chi connectivity index (χ3n) is 7.48. The summed E-state index contributed by atoms with van der Waals surface area (Å²) in [5.41, 5.74) is 4.55. The summed E-state index contributed by atoms with van der Waals surface area (Å²) in [5, 5.41) is 5.28. The molecule has 0 aliphatic heterocycles. The molecule has 1 aliphatic rings. The number of benzene rings is 3. The van der Waals surface area contributed by atoms with Gasteiger partial charge in [0.25, 0.3) is 0 Å². The van der Waals surface area contributed by atoms with E-state index in [0.717, 1.165) is 59.7 Å². The Morgan fingerprint density at radius 1 is 1.05 bits per heavy atom. The van der Waals surface area contributed by atoms with Crippen molar-refractivity contribution in [2.24, 2.45) is 13.0 Å². The van der Waals surface area contributed by atoms with Crippen molar-refractivity contribution in [1.29, 1.82) is 0 Å². The molecule has 1 amide bonds. The molecule has 0 atom stereocenters. The van der Waals surface area contributed by atoms with E-state index < -0.39 is 5.97 Å². The van der Waals surface area contributed by atoms with Crippen LogP contribution < -0.4 is 4.90 Å². The minimum absolute atomic E-state index is 0.00861. The smallest absolute Gasteiger partial charge is 0.330 e. The van der Waals surface area contributed by atoms with Gasteiger partial charge in [-0.3, -0.25) is 9.48 Å². The summed E-state index contributed by atoms with van der Waals surface area (Å²) in [4.78, 5) is 27.0. The van der Waals surface area contributed by atoms with Gasteiger partial charge in [0.1, 0.15) is 5.82 Å². The van der Waals surface area contributed by atoms with E-state index in [0.29, 0.717) is 11.3 Å². The van der Waals surface area contributed by atoms with Crippen LogP contribution in [-0.2, 0) is 27.9 Å². The number of rotatable bonds is 7. The number of halogens is 1. The molecule has 5 rings (SSSR count). The highest BCUT2D eigenvalue weighted by Crippen LogP contribution is 2.31. The van der Waals surface area contributed by atoms with Crippen LogP contribution in [0.25, 0.3) is 28.1 Å². The van der Waals surface area contributed by atoms with Crippen molar-refractivity contribution in [2.75, 3.05) is 12.0 Å². The predicted octanol–water partition coefficient (Wildman–Crippen LogP) is 6.68. The largest absolute Gasteiger partial charge is 0.466 e. The molecular formula is C32H32FN3O3. The molecule has 3 aromatic carbocycles. The van der Waals surface area contributed by atoms with E-state index in [9.17, 15) is 9.59 Å². The monoisotopic (exact) mass is 525 g/mol. The Kier molecular flexibility index (Phi) is 7.87. The molecule has 4 aromatic rings. The number of carbonyl (C=O) groups is 2. The van der Waals surface area contributed by atoms with Crippen molar-refractivity contribution < 1.29 is 18.7 Å². The molecule has 0 bridgehead atoms.